The van der Waals surface area contributed by atoms with Crippen molar-refractivity contribution in [2.24, 2.45) is 0 Å². The second-order valence-electron chi connectivity index (χ2n) is 20.6. The Bertz CT molecular complexity index is 1650. The highest BCUT2D eigenvalue weighted by molar-refractivity contribution is 5.72. The van der Waals surface area contributed by atoms with E-state index in [4.69, 9.17) is 14.2 Å². The molecule has 0 radical (unpaired) electrons. The van der Waals surface area contributed by atoms with E-state index in [1.165, 1.54) is 116 Å². The second kappa shape index (κ2) is 64.1. The first-order chi connectivity index (χ1) is 38.0. The van der Waals surface area contributed by atoms with Crippen LogP contribution in [0.4, 0.5) is 0 Å². The van der Waals surface area contributed by atoms with Crippen molar-refractivity contribution in [1.82, 2.24) is 0 Å². The molecule has 77 heavy (non-hydrogen) atoms. The number of carbonyl (C=O) groups excluding carboxylic acids is 3. The third-order valence-electron chi connectivity index (χ3n) is 13.2. The zero-order chi connectivity index (χ0) is 55.7. The smallest absolute Gasteiger partial charge is 0.310 e. The number of allylic oxidation sites excluding steroid dienone is 21. The first-order valence-corrected chi connectivity index (χ1v) is 31.7. The van der Waals surface area contributed by atoms with Gasteiger partial charge in [-0.25, -0.2) is 0 Å². The van der Waals surface area contributed by atoms with Gasteiger partial charge in [-0.1, -0.05) is 276 Å². The van der Waals surface area contributed by atoms with Crippen LogP contribution in [0.3, 0.4) is 0 Å². The van der Waals surface area contributed by atoms with Crippen molar-refractivity contribution in [3.63, 3.8) is 0 Å². The maximum absolute atomic E-state index is 12.8. The number of rotatable bonds is 56. The maximum Gasteiger partial charge on any atom is 0.310 e. The average Bonchev–Trinajstić information content (AvgIpc) is 3.43. The molecule has 436 valence electrons. The van der Waals surface area contributed by atoms with E-state index in [-0.39, 0.29) is 31.6 Å². The maximum atomic E-state index is 12.8. The zero-order valence-corrected chi connectivity index (χ0v) is 49.9. The van der Waals surface area contributed by atoms with Gasteiger partial charge >= 0.3 is 17.9 Å². The number of carbonyl (C=O) groups is 3. The molecule has 0 heterocycles. The molecule has 0 amide bonds. The molecule has 0 spiro atoms. The van der Waals surface area contributed by atoms with Gasteiger partial charge in [-0.2, -0.15) is 0 Å². The average molecular weight is 1070 g/mol. The molecule has 6 heteroatoms. The van der Waals surface area contributed by atoms with Crippen molar-refractivity contribution in [3.8, 4) is 0 Å². The van der Waals surface area contributed by atoms with Crippen molar-refractivity contribution >= 4 is 17.9 Å². The van der Waals surface area contributed by atoms with Crippen LogP contribution in [0.15, 0.2) is 134 Å². The molecule has 0 bridgehead atoms. The number of ether oxygens (including phenoxy) is 3. The van der Waals surface area contributed by atoms with Crippen LogP contribution in [-0.2, 0) is 28.6 Å². The van der Waals surface area contributed by atoms with E-state index in [1.807, 2.05) is 6.08 Å². The summed E-state index contributed by atoms with van der Waals surface area (Å²) in [6, 6.07) is 0. The van der Waals surface area contributed by atoms with E-state index in [2.05, 4.69) is 142 Å². The number of esters is 3. The van der Waals surface area contributed by atoms with Crippen molar-refractivity contribution in [2.75, 3.05) is 13.2 Å². The fourth-order valence-corrected chi connectivity index (χ4v) is 8.48. The number of hydrogen-bond donors (Lipinski definition) is 0. The fraction of sp³-hybridized carbons (Fsp3) is 0.648. The Morgan fingerprint density at radius 3 is 0.857 bits per heavy atom. The lowest BCUT2D eigenvalue weighted by molar-refractivity contribution is -0.166. The van der Waals surface area contributed by atoms with Gasteiger partial charge in [0.2, 0.25) is 0 Å². The van der Waals surface area contributed by atoms with Gasteiger partial charge in [0, 0.05) is 12.8 Å². The molecule has 1 unspecified atom stereocenters. The van der Waals surface area contributed by atoms with Crippen molar-refractivity contribution in [2.45, 2.75) is 284 Å². The number of hydrogen-bond acceptors (Lipinski definition) is 6. The van der Waals surface area contributed by atoms with Crippen LogP contribution in [0, 0.1) is 0 Å². The topological polar surface area (TPSA) is 78.9 Å². The van der Waals surface area contributed by atoms with E-state index in [0.717, 1.165) is 116 Å². The normalized spacial score (nSPS) is 13.0. The molecule has 0 aliphatic carbocycles. The highest BCUT2D eigenvalue weighted by Crippen LogP contribution is 2.16. The lowest BCUT2D eigenvalue weighted by Crippen LogP contribution is -2.30. The van der Waals surface area contributed by atoms with Crippen molar-refractivity contribution in [1.29, 1.82) is 0 Å². The Hall–Kier alpha value is -4.45. The minimum Gasteiger partial charge on any atom is -0.462 e. The molecular weight excluding hydrogens is 949 g/mol. The van der Waals surface area contributed by atoms with Gasteiger partial charge in [-0.05, 0) is 116 Å². The summed E-state index contributed by atoms with van der Waals surface area (Å²) in [4.78, 5) is 38.2. The third-order valence-corrected chi connectivity index (χ3v) is 13.2. The Morgan fingerprint density at radius 2 is 0.545 bits per heavy atom. The van der Waals surface area contributed by atoms with Gasteiger partial charge in [0.25, 0.3) is 0 Å². The quantitative estimate of drug-likeness (QED) is 0.0261. The van der Waals surface area contributed by atoms with Gasteiger partial charge in [0.1, 0.15) is 13.2 Å². The molecule has 0 fully saturated rings. The van der Waals surface area contributed by atoms with Crippen LogP contribution < -0.4 is 0 Å². The summed E-state index contributed by atoms with van der Waals surface area (Å²) in [5, 5.41) is 0. The Labute approximate surface area is 475 Å². The lowest BCUT2D eigenvalue weighted by Gasteiger charge is -2.18. The summed E-state index contributed by atoms with van der Waals surface area (Å²) in [7, 11) is 0. The summed E-state index contributed by atoms with van der Waals surface area (Å²) in [6.45, 7) is 6.30. The molecule has 0 aliphatic rings. The molecule has 0 aliphatic heterocycles. The Kier molecular flexibility index (Phi) is 60.4. The largest absolute Gasteiger partial charge is 0.462 e. The van der Waals surface area contributed by atoms with Gasteiger partial charge in [0.05, 0.1) is 6.42 Å². The molecule has 0 aromatic carbocycles. The van der Waals surface area contributed by atoms with E-state index < -0.39 is 12.1 Å². The minimum atomic E-state index is -0.842. The van der Waals surface area contributed by atoms with Crippen LogP contribution in [0.1, 0.15) is 278 Å². The van der Waals surface area contributed by atoms with Gasteiger partial charge in [-0.3, -0.25) is 14.4 Å². The fourth-order valence-electron chi connectivity index (χ4n) is 8.48. The molecule has 6 nitrogen and oxygen atoms in total. The summed E-state index contributed by atoms with van der Waals surface area (Å²) in [5.74, 6) is -1.07. The van der Waals surface area contributed by atoms with Crippen LogP contribution in [0.2, 0.25) is 0 Å². The van der Waals surface area contributed by atoms with Crippen molar-refractivity contribution < 1.29 is 28.6 Å². The number of unbranched alkanes of at least 4 members (excludes halogenated alkanes) is 24. The van der Waals surface area contributed by atoms with Crippen molar-refractivity contribution in [3.05, 3.63) is 134 Å². The van der Waals surface area contributed by atoms with Crippen LogP contribution in [-0.4, -0.2) is 37.2 Å². The van der Waals surface area contributed by atoms with Crippen LogP contribution >= 0.6 is 0 Å². The highest BCUT2D eigenvalue weighted by Gasteiger charge is 2.19. The van der Waals surface area contributed by atoms with Crippen LogP contribution in [0.5, 0.6) is 0 Å². The standard InChI is InChI=1S/C71H116O6/c1-4-7-10-13-16-19-22-25-28-29-30-31-32-33-34-35-36-37-38-39-40-41-44-46-49-52-55-58-61-64-70(73)76-67-68(77-71(74)65-62-59-56-53-50-47-43-27-24-21-18-15-12-9-6-3)66-75-69(72)63-60-57-54-51-48-45-42-26-23-20-17-14-11-8-5-2/h7,9-10,12,16-21,25-28,30-31,42-43,50,53,59,62,68H,4-6,8,11,13-15,22-24,29,32-41,44-49,51-52,54-58,60-61,63-67H2,1-3H3/b10-7-,12-9-,19-16-,20-17-,21-18-,28-25-,31-30-,42-26-,43-27-,53-50-,62-59-. The molecule has 0 saturated carbocycles. The predicted molar refractivity (Wildman–Crippen MR) is 334 cm³/mol. The van der Waals surface area contributed by atoms with E-state index >= 15 is 0 Å². The van der Waals surface area contributed by atoms with Gasteiger partial charge in [0.15, 0.2) is 6.10 Å². The molecule has 0 aromatic rings. The van der Waals surface area contributed by atoms with E-state index in [1.54, 1.807) is 6.08 Å². The molecule has 0 aromatic heterocycles. The van der Waals surface area contributed by atoms with E-state index in [0.29, 0.717) is 19.3 Å². The molecule has 0 N–H and O–H groups in total. The first-order valence-electron chi connectivity index (χ1n) is 31.7. The molecular formula is C71H116O6. The van der Waals surface area contributed by atoms with E-state index in [9.17, 15) is 14.4 Å². The second-order valence-corrected chi connectivity index (χ2v) is 20.6. The zero-order valence-electron chi connectivity index (χ0n) is 49.9. The predicted octanol–water partition coefficient (Wildman–Crippen LogP) is 21.8. The highest BCUT2D eigenvalue weighted by atomic mass is 16.6. The van der Waals surface area contributed by atoms with Gasteiger partial charge < -0.3 is 14.2 Å². The monoisotopic (exact) mass is 1060 g/mol. The first kappa shape index (κ1) is 72.5. The summed E-state index contributed by atoms with van der Waals surface area (Å²) in [6.07, 6.45) is 90.6. The van der Waals surface area contributed by atoms with Gasteiger partial charge in [-0.15, -0.1) is 0 Å². The molecule has 0 rings (SSSR count). The van der Waals surface area contributed by atoms with Crippen LogP contribution in [0.25, 0.3) is 0 Å². The summed E-state index contributed by atoms with van der Waals surface area (Å²) in [5.41, 5.74) is 0. The summed E-state index contributed by atoms with van der Waals surface area (Å²) < 4.78 is 16.8. The molecule has 1 atom stereocenters. The molecule has 0 saturated heterocycles. The Morgan fingerprint density at radius 1 is 0.286 bits per heavy atom. The lowest BCUT2D eigenvalue weighted by atomic mass is 10.0. The minimum absolute atomic E-state index is 0.0905. The Balaban J connectivity index is 4.33. The third kappa shape index (κ3) is 62.3. The SMILES string of the molecule is CC/C=C\C/C=C\C/C=C\C/C=C\C/C=C\CC(=O)OC(COC(=O)CCCCCCC/C=C\C/C=C\CCCCC)COC(=O)CCCCCCCCCCCCCCCCCC/C=C\C/C=C\C/C=C\C/C=C\CC. The summed E-state index contributed by atoms with van der Waals surface area (Å²) >= 11 is 0.